The molecule has 5 nitrogen and oxygen atoms in total. The number of rotatable bonds is 1. The van der Waals surface area contributed by atoms with Crippen molar-refractivity contribution in [1.82, 2.24) is 19.6 Å². The van der Waals surface area contributed by atoms with Gasteiger partial charge >= 0.3 is 0 Å². The molecule has 0 aliphatic carbocycles. The summed E-state index contributed by atoms with van der Waals surface area (Å²) in [5.74, 6) is 0.620. The van der Waals surface area contributed by atoms with Crippen LogP contribution in [0.3, 0.4) is 0 Å². The van der Waals surface area contributed by atoms with E-state index in [1.54, 1.807) is 29.2 Å². The molecule has 3 aromatic rings. The van der Waals surface area contributed by atoms with Crippen molar-refractivity contribution < 1.29 is 0 Å². The van der Waals surface area contributed by atoms with Crippen molar-refractivity contribution in [2.45, 2.75) is 0 Å². The topological polar surface area (TPSA) is 69.1 Å². The van der Waals surface area contributed by atoms with Crippen LogP contribution in [0.5, 0.6) is 0 Å². The maximum atomic E-state index is 5.93. The van der Waals surface area contributed by atoms with E-state index in [0.717, 1.165) is 5.56 Å². The molecule has 0 saturated heterocycles. The van der Waals surface area contributed by atoms with Crippen LogP contribution < -0.4 is 5.73 Å². The van der Waals surface area contributed by atoms with Gasteiger partial charge in [-0.05, 0) is 12.1 Å². The number of hydrogen-bond acceptors (Lipinski definition) is 4. The summed E-state index contributed by atoms with van der Waals surface area (Å²) in [4.78, 5) is 8.32. The van der Waals surface area contributed by atoms with Crippen LogP contribution in [-0.2, 0) is 0 Å². The highest BCUT2D eigenvalue weighted by molar-refractivity contribution is 6.33. The fraction of sp³-hybridized carbons (Fsp3) is 0. The normalized spacial score (nSPS) is 10.9. The highest BCUT2D eigenvalue weighted by atomic mass is 35.5. The van der Waals surface area contributed by atoms with Crippen molar-refractivity contribution in [3.63, 3.8) is 0 Å². The number of nitrogen functional groups attached to an aromatic ring is 1. The lowest BCUT2D eigenvalue weighted by molar-refractivity contribution is 0.968. The van der Waals surface area contributed by atoms with E-state index in [9.17, 15) is 0 Å². The molecule has 84 valence electrons. The van der Waals surface area contributed by atoms with Gasteiger partial charge in [0.15, 0.2) is 11.5 Å². The Morgan fingerprint density at radius 3 is 2.76 bits per heavy atom. The Balaban J connectivity index is 2.21. The predicted molar refractivity (Wildman–Crippen MR) is 65.6 cm³/mol. The van der Waals surface area contributed by atoms with Gasteiger partial charge in [-0.15, -0.1) is 5.10 Å². The van der Waals surface area contributed by atoms with Gasteiger partial charge in [-0.1, -0.05) is 11.6 Å². The first-order chi connectivity index (χ1) is 8.24. The zero-order valence-electron chi connectivity index (χ0n) is 8.71. The van der Waals surface area contributed by atoms with E-state index >= 15 is 0 Å². The van der Waals surface area contributed by atoms with Crippen molar-refractivity contribution in [3.8, 4) is 11.4 Å². The predicted octanol–water partition coefficient (Wildman–Crippen LogP) is 2.03. The quantitative estimate of drug-likeness (QED) is 0.712. The van der Waals surface area contributed by atoms with Crippen LogP contribution in [0.2, 0.25) is 5.02 Å². The van der Waals surface area contributed by atoms with Crippen molar-refractivity contribution in [2.24, 2.45) is 0 Å². The van der Waals surface area contributed by atoms with Crippen LogP contribution in [0.4, 0.5) is 5.69 Å². The molecule has 0 saturated carbocycles. The van der Waals surface area contributed by atoms with E-state index in [-0.39, 0.29) is 0 Å². The molecule has 3 aromatic heterocycles. The molecule has 0 fully saturated rings. The zero-order valence-corrected chi connectivity index (χ0v) is 9.46. The largest absolute Gasteiger partial charge is 0.396 e. The van der Waals surface area contributed by atoms with Gasteiger partial charge in [-0.2, -0.15) is 0 Å². The smallest absolute Gasteiger partial charge is 0.182 e. The summed E-state index contributed by atoms with van der Waals surface area (Å²) >= 11 is 5.93. The van der Waals surface area contributed by atoms with Crippen LogP contribution in [0, 0.1) is 0 Å². The Morgan fingerprint density at radius 1 is 1.24 bits per heavy atom. The zero-order chi connectivity index (χ0) is 11.8. The second-order valence-corrected chi connectivity index (χ2v) is 3.96. The lowest BCUT2D eigenvalue weighted by atomic mass is 10.3. The molecule has 3 heterocycles. The lowest BCUT2D eigenvalue weighted by Crippen LogP contribution is -1.93. The average molecular weight is 246 g/mol. The first-order valence-corrected chi connectivity index (χ1v) is 5.33. The van der Waals surface area contributed by atoms with E-state index in [4.69, 9.17) is 17.3 Å². The minimum absolute atomic E-state index is 0.477. The molecule has 0 atom stereocenters. The van der Waals surface area contributed by atoms with Crippen LogP contribution >= 0.6 is 11.6 Å². The Morgan fingerprint density at radius 2 is 2.00 bits per heavy atom. The van der Waals surface area contributed by atoms with E-state index in [1.165, 1.54) is 0 Å². The Kier molecular flexibility index (Phi) is 2.19. The Labute approximate surface area is 102 Å². The number of hydrogen-bond donors (Lipinski definition) is 1. The summed E-state index contributed by atoms with van der Waals surface area (Å²) in [7, 11) is 0. The molecule has 0 aliphatic rings. The van der Waals surface area contributed by atoms with Crippen molar-refractivity contribution >= 4 is 22.9 Å². The average Bonchev–Trinajstić information content (AvgIpc) is 2.74. The maximum Gasteiger partial charge on any atom is 0.182 e. The summed E-state index contributed by atoms with van der Waals surface area (Å²) in [6.07, 6.45) is 5.04. The first kappa shape index (κ1) is 10.0. The molecule has 0 bridgehead atoms. The second kappa shape index (κ2) is 3.71. The summed E-state index contributed by atoms with van der Waals surface area (Å²) in [5.41, 5.74) is 7.74. The van der Waals surface area contributed by atoms with Crippen LogP contribution in [0.15, 0.2) is 36.8 Å². The highest BCUT2D eigenvalue weighted by Gasteiger charge is 2.07. The minimum atomic E-state index is 0.477. The molecule has 0 spiro atoms. The second-order valence-electron chi connectivity index (χ2n) is 3.55. The van der Waals surface area contributed by atoms with Crippen LogP contribution in [0.25, 0.3) is 17.0 Å². The molecule has 6 heteroatoms. The molecule has 2 N–H and O–H groups in total. The van der Waals surface area contributed by atoms with Gasteiger partial charge in [-0.25, -0.2) is 9.50 Å². The Hall–Kier alpha value is -2.14. The van der Waals surface area contributed by atoms with Crippen molar-refractivity contribution in [1.29, 1.82) is 0 Å². The number of aromatic nitrogens is 4. The van der Waals surface area contributed by atoms with Gasteiger partial charge < -0.3 is 5.73 Å². The number of nitrogens with two attached hydrogens (primary N) is 1. The molecular weight excluding hydrogens is 238 g/mol. The minimum Gasteiger partial charge on any atom is -0.396 e. The van der Waals surface area contributed by atoms with E-state index < -0.39 is 0 Å². The van der Waals surface area contributed by atoms with Crippen molar-refractivity contribution in [3.05, 3.63) is 41.8 Å². The maximum absolute atomic E-state index is 5.93. The number of halogens is 1. The number of pyridine rings is 2. The number of nitrogens with zero attached hydrogens (tertiary/aromatic N) is 4. The SMILES string of the molecule is Nc1cn2nc(-c3ccncc3)nc2cc1Cl. The summed E-state index contributed by atoms with van der Waals surface area (Å²) in [5, 5.41) is 4.80. The highest BCUT2D eigenvalue weighted by Crippen LogP contribution is 2.21. The van der Waals surface area contributed by atoms with E-state index in [2.05, 4.69) is 15.1 Å². The third-order valence-electron chi connectivity index (χ3n) is 2.39. The molecule has 0 amide bonds. The molecule has 3 rings (SSSR count). The monoisotopic (exact) mass is 245 g/mol. The third kappa shape index (κ3) is 1.70. The van der Waals surface area contributed by atoms with Crippen LogP contribution in [-0.4, -0.2) is 19.6 Å². The van der Waals surface area contributed by atoms with Gasteiger partial charge in [-0.3, -0.25) is 4.98 Å². The first-order valence-electron chi connectivity index (χ1n) is 4.96. The number of fused-ring (bicyclic) bond motifs is 1. The van der Waals surface area contributed by atoms with Crippen molar-refractivity contribution in [2.75, 3.05) is 5.73 Å². The fourth-order valence-corrected chi connectivity index (χ4v) is 1.69. The molecule has 17 heavy (non-hydrogen) atoms. The fourth-order valence-electron chi connectivity index (χ4n) is 1.54. The molecule has 0 aliphatic heterocycles. The lowest BCUT2D eigenvalue weighted by Gasteiger charge is -1.96. The summed E-state index contributed by atoms with van der Waals surface area (Å²) in [6.45, 7) is 0. The molecule has 0 unspecified atom stereocenters. The van der Waals surface area contributed by atoms with E-state index in [1.807, 2.05) is 12.1 Å². The Bertz CT molecular complexity index is 638. The van der Waals surface area contributed by atoms with Gasteiger partial charge in [0.05, 0.1) is 16.9 Å². The standard InChI is InChI=1S/C11H8ClN5/c12-8-5-10-15-11(7-1-3-14-4-2-7)16-17(10)6-9(8)13/h1-6H,13H2. The molecule has 0 aromatic carbocycles. The summed E-state index contributed by atoms with van der Waals surface area (Å²) < 4.78 is 1.61. The third-order valence-corrected chi connectivity index (χ3v) is 2.72. The van der Waals surface area contributed by atoms with Gasteiger partial charge in [0.1, 0.15) is 0 Å². The van der Waals surface area contributed by atoms with Gasteiger partial charge in [0.25, 0.3) is 0 Å². The van der Waals surface area contributed by atoms with E-state index in [0.29, 0.717) is 22.2 Å². The number of anilines is 1. The van der Waals surface area contributed by atoms with Gasteiger partial charge in [0.2, 0.25) is 0 Å². The van der Waals surface area contributed by atoms with Crippen LogP contribution in [0.1, 0.15) is 0 Å². The van der Waals surface area contributed by atoms with Gasteiger partial charge in [0, 0.05) is 24.0 Å². The summed E-state index contributed by atoms with van der Waals surface area (Å²) in [6, 6.07) is 5.38. The molecule has 0 radical (unpaired) electrons. The molecular formula is C11H8ClN5.